The molecular weight excluding hydrogens is 302 g/mol. The highest BCUT2D eigenvalue weighted by atomic mass is 16.2. The molecule has 5 nitrogen and oxygen atoms in total. The summed E-state index contributed by atoms with van der Waals surface area (Å²) in [5.74, 6) is -0.508. The van der Waals surface area contributed by atoms with Crippen LogP contribution in [0.25, 0.3) is 0 Å². The number of pyridine rings is 1. The number of benzene rings is 1. The molecule has 0 aliphatic heterocycles. The molecule has 24 heavy (non-hydrogen) atoms. The number of nitrogens with zero attached hydrogens (tertiary/aromatic N) is 2. The molecule has 1 heterocycles. The quantitative estimate of drug-likeness (QED) is 0.830. The molecule has 0 radical (unpaired) electrons. The second-order valence-electron chi connectivity index (χ2n) is 6.32. The molecule has 5 heteroatoms. The Hall–Kier alpha value is -2.69. The summed E-state index contributed by atoms with van der Waals surface area (Å²) in [6, 6.07) is 13.4. The number of hydrogen-bond donors (Lipinski definition) is 1. The van der Waals surface area contributed by atoms with E-state index in [1.807, 2.05) is 42.5 Å². The molecule has 2 rings (SSSR count). The fraction of sp³-hybridized carbons (Fsp3) is 0.316. The zero-order valence-electron chi connectivity index (χ0n) is 14.3. The Morgan fingerprint density at radius 1 is 1.08 bits per heavy atom. The largest absolute Gasteiger partial charge is 0.351 e. The summed E-state index contributed by atoms with van der Waals surface area (Å²) in [7, 11) is 1.71. The second-order valence-corrected chi connectivity index (χ2v) is 6.32. The highest BCUT2D eigenvalue weighted by Crippen LogP contribution is 2.20. The highest BCUT2D eigenvalue weighted by Gasteiger charge is 2.37. The van der Waals surface area contributed by atoms with Gasteiger partial charge in [-0.3, -0.25) is 14.6 Å². The maximum atomic E-state index is 12.7. The van der Waals surface area contributed by atoms with Crippen LogP contribution >= 0.6 is 0 Å². The number of amides is 2. The summed E-state index contributed by atoms with van der Waals surface area (Å²) in [5, 5.41) is 2.81. The fourth-order valence-electron chi connectivity index (χ4n) is 2.41. The smallest absolute Gasteiger partial charge is 0.237 e. The molecular formula is C19H23N3O2. The van der Waals surface area contributed by atoms with Crippen molar-refractivity contribution in [3.8, 4) is 0 Å². The van der Waals surface area contributed by atoms with Crippen LogP contribution in [0.3, 0.4) is 0 Å². The van der Waals surface area contributed by atoms with Gasteiger partial charge in [0.05, 0.1) is 0 Å². The predicted octanol–water partition coefficient (Wildman–Crippen LogP) is 2.38. The van der Waals surface area contributed by atoms with Crippen molar-refractivity contribution in [2.45, 2.75) is 26.9 Å². The Kier molecular flexibility index (Phi) is 5.68. The lowest BCUT2D eigenvalue weighted by molar-refractivity contribution is -0.148. The van der Waals surface area contributed by atoms with Crippen molar-refractivity contribution in [2.75, 3.05) is 7.05 Å². The fourth-order valence-corrected chi connectivity index (χ4v) is 2.41. The van der Waals surface area contributed by atoms with Crippen molar-refractivity contribution in [1.82, 2.24) is 15.2 Å². The first-order valence-electron chi connectivity index (χ1n) is 7.88. The Morgan fingerprint density at radius 2 is 1.75 bits per heavy atom. The van der Waals surface area contributed by atoms with Gasteiger partial charge in [0.15, 0.2) is 0 Å². The zero-order valence-corrected chi connectivity index (χ0v) is 14.3. The monoisotopic (exact) mass is 325 g/mol. The van der Waals surface area contributed by atoms with Crippen molar-refractivity contribution < 1.29 is 9.59 Å². The summed E-state index contributed by atoms with van der Waals surface area (Å²) < 4.78 is 0. The van der Waals surface area contributed by atoms with Gasteiger partial charge in [-0.25, -0.2) is 0 Å². The molecule has 0 saturated carbocycles. The Balaban J connectivity index is 1.96. The van der Waals surface area contributed by atoms with Crippen molar-refractivity contribution >= 4 is 11.8 Å². The van der Waals surface area contributed by atoms with Crippen molar-refractivity contribution in [1.29, 1.82) is 0 Å². The van der Waals surface area contributed by atoms with E-state index in [1.54, 1.807) is 38.2 Å². The van der Waals surface area contributed by atoms with Crippen molar-refractivity contribution in [3.05, 3.63) is 66.0 Å². The number of carbonyl (C=O) groups excluding carboxylic acids is 2. The molecule has 0 spiro atoms. The summed E-state index contributed by atoms with van der Waals surface area (Å²) >= 11 is 0. The molecule has 0 atom stereocenters. The third-order valence-corrected chi connectivity index (χ3v) is 3.89. The standard InChI is InChI=1S/C19H23N3O2/c1-19(2,17(23)21-13-16-10-7-11-20-12-16)18(24)22(3)14-15-8-5-4-6-9-15/h4-12H,13-14H2,1-3H3,(H,21,23). The van der Waals surface area contributed by atoms with Gasteiger partial charge in [0, 0.05) is 32.5 Å². The van der Waals surface area contributed by atoms with Gasteiger partial charge < -0.3 is 10.2 Å². The normalized spacial score (nSPS) is 11.0. The third-order valence-electron chi connectivity index (χ3n) is 3.89. The lowest BCUT2D eigenvalue weighted by Gasteiger charge is -2.28. The Bertz CT molecular complexity index is 684. The van der Waals surface area contributed by atoms with Gasteiger partial charge in [-0.15, -0.1) is 0 Å². The minimum absolute atomic E-state index is 0.213. The zero-order chi connectivity index (χ0) is 17.6. The minimum Gasteiger partial charge on any atom is -0.351 e. The third kappa shape index (κ3) is 4.41. The van der Waals surface area contributed by atoms with Crippen LogP contribution in [0.4, 0.5) is 0 Å². The number of hydrogen-bond acceptors (Lipinski definition) is 3. The van der Waals surface area contributed by atoms with Crippen LogP contribution in [-0.4, -0.2) is 28.7 Å². The molecule has 0 unspecified atom stereocenters. The van der Waals surface area contributed by atoms with Crippen LogP contribution in [0.5, 0.6) is 0 Å². The molecule has 1 aromatic carbocycles. The maximum Gasteiger partial charge on any atom is 0.237 e. The van der Waals surface area contributed by atoms with Crippen LogP contribution in [0, 0.1) is 5.41 Å². The van der Waals surface area contributed by atoms with E-state index >= 15 is 0 Å². The van der Waals surface area contributed by atoms with E-state index in [0.29, 0.717) is 13.1 Å². The first kappa shape index (κ1) is 17.7. The van der Waals surface area contributed by atoms with Crippen LogP contribution in [0.15, 0.2) is 54.9 Å². The molecule has 2 amide bonds. The predicted molar refractivity (Wildman–Crippen MR) is 92.8 cm³/mol. The molecule has 0 aliphatic rings. The lowest BCUT2D eigenvalue weighted by Crippen LogP contribution is -2.48. The molecule has 1 N–H and O–H groups in total. The first-order chi connectivity index (χ1) is 11.4. The molecule has 2 aromatic rings. The van der Waals surface area contributed by atoms with Crippen LogP contribution < -0.4 is 5.32 Å². The maximum absolute atomic E-state index is 12.7. The van der Waals surface area contributed by atoms with Crippen LogP contribution in [0.1, 0.15) is 25.0 Å². The van der Waals surface area contributed by atoms with Gasteiger partial charge in [0.25, 0.3) is 0 Å². The van der Waals surface area contributed by atoms with Crippen LogP contribution in [0.2, 0.25) is 0 Å². The highest BCUT2D eigenvalue weighted by molar-refractivity contribution is 6.04. The first-order valence-corrected chi connectivity index (χ1v) is 7.88. The lowest BCUT2D eigenvalue weighted by atomic mass is 9.90. The van der Waals surface area contributed by atoms with E-state index in [2.05, 4.69) is 10.3 Å². The van der Waals surface area contributed by atoms with E-state index in [9.17, 15) is 9.59 Å². The second kappa shape index (κ2) is 7.73. The minimum atomic E-state index is -1.13. The SMILES string of the molecule is CN(Cc1ccccc1)C(=O)C(C)(C)C(=O)NCc1cccnc1. The average Bonchev–Trinajstić information content (AvgIpc) is 2.60. The van der Waals surface area contributed by atoms with E-state index in [4.69, 9.17) is 0 Å². The summed E-state index contributed by atoms with van der Waals surface area (Å²) in [4.78, 5) is 30.7. The van der Waals surface area contributed by atoms with E-state index < -0.39 is 5.41 Å². The summed E-state index contributed by atoms with van der Waals surface area (Å²) in [5.41, 5.74) is 0.790. The molecule has 0 bridgehead atoms. The molecule has 0 saturated heterocycles. The van der Waals surface area contributed by atoms with Gasteiger partial charge in [-0.2, -0.15) is 0 Å². The van der Waals surface area contributed by atoms with Gasteiger partial charge >= 0.3 is 0 Å². The van der Waals surface area contributed by atoms with Crippen molar-refractivity contribution in [3.63, 3.8) is 0 Å². The summed E-state index contributed by atoms with van der Waals surface area (Å²) in [6.07, 6.45) is 3.37. The van der Waals surface area contributed by atoms with E-state index in [0.717, 1.165) is 11.1 Å². The van der Waals surface area contributed by atoms with Gasteiger partial charge in [-0.1, -0.05) is 36.4 Å². The molecule has 126 valence electrons. The molecule has 0 aliphatic carbocycles. The average molecular weight is 325 g/mol. The molecule has 0 fully saturated rings. The Morgan fingerprint density at radius 3 is 2.38 bits per heavy atom. The van der Waals surface area contributed by atoms with Gasteiger partial charge in [-0.05, 0) is 31.0 Å². The van der Waals surface area contributed by atoms with E-state index in [-0.39, 0.29) is 11.8 Å². The number of nitrogens with one attached hydrogen (secondary N) is 1. The number of aromatic nitrogens is 1. The number of rotatable bonds is 6. The van der Waals surface area contributed by atoms with Crippen LogP contribution in [-0.2, 0) is 22.7 Å². The van der Waals surface area contributed by atoms with Gasteiger partial charge in [0.2, 0.25) is 11.8 Å². The Labute approximate surface area is 142 Å². The molecule has 1 aromatic heterocycles. The van der Waals surface area contributed by atoms with Gasteiger partial charge in [0.1, 0.15) is 5.41 Å². The van der Waals surface area contributed by atoms with Crippen molar-refractivity contribution in [2.24, 2.45) is 5.41 Å². The topological polar surface area (TPSA) is 62.3 Å². The summed E-state index contributed by atoms with van der Waals surface area (Å²) in [6.45, 7) is 4.12. The van der Waals surface area contributed by atoms with E-state index in [1.165, 1.54) is 0 Å². The number of carbonyl (C=O) groups is 2.